The minimum atomic E-state index is -0.687. The van der Waals surface area contributed by atoms with Gasteiger partial charge < -0.3 is 5.32 Å². The van der Waals surface area contributed by atoms with Gasteiger partial charge in [-0.3, -0.25) is 4.57 Å². The highest BCUT2D eigenvalue weighted by molar-refractivity contribution is 5.76. The highest BCUT2D eigenvalue weighted by Crippen LogP contribution is 2.17. The second kappa shape index (κ2) is 4.95. The Morgan fingerprint density at radius 3 is 2.83 bits per heavy atom. The zero-order valence-electron chi connectivity index (χ0n) is 9.60. The Kier molecular flexibility index (Phi) is 3.36. The van der Waals surface area contributed by atoms with Crippen molar-refractivity contribution in [3.8, 4) is 0 Å². The van der Waals surface area contributed by atoms with Crippen LogP contribution in [0.1, 0.15) is 18.5 Å². The maximum atomic E-state index is 13.5. The van der Waals surface area contributed by atoms with Crippen molar-refractivity contribution >= 4 is 6.03 Å². The standard InChI is InChI=1S/C12H11F2N3O/c1-8(10-3-2-9(13)6-11(10)14)16-12(18)17-5-4-15-7-17/h2-8H,1H3,(H,16,18). The first-order valence-electron chi connectivity index (χ1n) is 5.31. The minimum Gasteiger partial charge on any atom is -0.331 e. The molecule has 0 saturated carbocycles. The van der Waals surface area contributed by atoms with Crippen molar-refractivity contribution in [1.82, 2.24) is 14.9 Å². The van der Waals surface area contributed by atoms with Crippen LogP contribution in [0.15, 0.2) is 36.9 Å². The van der Waals surface area contributed by atoms with Gasteiger partial charge >= 0.3 is 6.03 Å². The molecule has 0 fully saturated rings. The molecule has 4 nitrogen and oxygen atoms in total. The van der Waals surface area contributed by atoms with Gasteiger partial charge in [0.2, 0.25) is 0 Å². The lowest BCUT2D eigenvalue weighted by molar-refractivity contribution is 0.239. The van der Waals surface area contributed by atoms with Gasteiger partial charge in [-0.1, -0.05) is 6.07 Å². The van der Waals surface area contributed by atoms with Crippen LogP contribution < -0.4 is 5.32 Å². The molecule has 18 heavy (non-hydrogen) atoms. The molecule has 6 heteroatoms. The topological polar surface area (TPSA) is 46.9 Å². The van der Waals surface area contributed by atoms with Crippen molar-refractivity contribution in [3.63, 3.8) is 0 Å². The van der Waals surface area contributed by atoms with E-state index in [2.05, 4.69) is 10.3 Å². The highest BCUT2D eigenvalue weighted by Gasteiger charge is 2.14. The molecular formula is C12H11F2N3O. The van der Waals surface area contributed by atoms with Crippen molar-refractivity contribution in [3.05, 3.63) is 54.1 Å². The summed E-state index contributed by atoms with van der Waals surface area (Å²) in [6.07, 6.45) is 4.27. The number of imidazole rings is 1. The number of carbonyl (C=O) groups is 1. The van der Waals surface area contributed by atoms with Crippen LogP contribution in [0.5, 0.6) is 0 Å². The summed E-state index contributed by atoms with van der Waals surface area (Å²) in [5.41, 5.74) is 0.227. The predicted octanol–water partition coefficient (Wildman–Crippen LogP) is 2.48. The lowest BCUT2D eigenvalue weighted by Gasteiger charge is -2.15. The average Bonchev–Trinajstić information content (AvgIpc) is 2.81. The van der Waals surface area contributed by atoms with E-state index in [1.54, 1.807) is 6.92 Å². The molecule has 1 N–H and O–H groups in total. The van der Waals surface area contributed by atoms with Crippen LogP contribution in [0.25, 0.3) is 0 Å². The van der Waals surface area contributed by atoms with E-state index in [0.29, 0.717) is 0 Å². The van der Waals surface area contributed by atoms with Crippen LogP contribution in [0.2, 0.25) is 0 Å². The number of nitrogens with zero attached hydrogens (tertiary/aromatic N) is 2. The SMILES string of the molecule is CC(NC(=O)n1ccnc1)c1ccc(F)cc1F. The Balaban J connectivity index is 2.12. The predicted molar refractivity (Wildman–Crippen MR) is 60.9 cm³/mol. The van der Waals surface area contributed by atoms with Gasteiger partial charge in [0.05, 0.1) is 6.04 Å². The molecule has 0 bridgehead atoms. The van der Waals surface area contributed by atoms with E-state index >= 15 is 0 Å². The number of halogens is 2. The molecule has 1 aromatic carbocycles. The van der Waals surface area contributed by atoms with Gasteiger partial charge in [-0.15, -0.1) is 0 Å². The van der Waals surface area contributed by atoms with Crippen molar-refractivity contribution in [2.75, 3.05) is 0 Å². The zero-order valence-corrected chi connectivity index (χ0v) is 9.60. The second-order valence-electron chi connectivity index (χ2n) is 3.81. The normalized spacial score (nSPS) is 12.2. The summed E-state index contributed by atoms with van der Waals surface area (Å²) in [6.45, 7) is 1.62. The molecule has 0 spiro atoms. The minimum absolute atomic E-state index is 0.227. The first-order valence-corrected chi connectivity index (χ1v) is 5.31. The molecule has 1 aromatic heterocycles. The molecule has 0 aliphatic carbocycles. The van der Waals surface area contributed by atoms with E-state index in [-0.39, 0.29) is 5.56 Å². The number of aromatic nitrogens is 2. The van der Waals surface area contributed by atoms with E-state index in [1.807, 2.05) is 0 Å². The van der Waals surface area contributed by atoms with Crippen LogP contribution in [-0.2, 0) is 0 Å². The second-order valence-corrected chi connectivity index (χ2v) is 3.81. The van der Waals surface area contributed by atoms with Gasteiger partial charge in [0.15, 0.2) is 0 Å². The maximum absolute atomic E-state index is 13.5. The molecule has 1 amide bonds. The molecule has 94 valence electrons. The number of rotatable bonds is 2. The Morgan fingerprint density at radius 2 is 2.22 bits per heavy atom. The molecule has 1 unspecified atom stereocenters. The summed E-state index contributed by atoms with van der Waals surface area (Å²) in [6, 6.07) is 2.25. The largest absolute Gasteiger partial charge is 0.331 e. The van der Waals surface area contributed by atoms with Gasteiger partial charge in [0.1, 0.15) is 18.0 Å². The van der Waals surface area contributed by atoms with Crippen molar-refractivity contribution in [1.29, 1.82) is 0 Å². The third kappa shape index (κ3) is 2.53. The molecule has 2 aromatic rings. The lowest BCUT2D eigenvalue weighted by atomic mass is 10.1. The number of hydrogen-bond acceptors (Lipinski definition) is 2. The average molecular weight is 251 g/mol. The third-order valence-electron chi connectivity index (χ3n) is 2.51. The molecule has 1 heterocycles. The van der Waals surface area contributed by atoms with E-state index in [4.69, 9.17) is 0 Å². The number of carbonyl (C=O) groups excluding carboxylic acids is 1. The van der Waals surface area contributed by atoms with Crippen molar-refractivity contribution < 1.29 is 13.6 Å². The van der Waals surface area contributed by atoms with Crippen LogP contribution >= 0.6 is 0 Å². The van der Waals surface area contributed by atoms with Gasteiger partial charge in [-0.25, -0.2) is 18.6 Å². The number of amides is 1. The number of benzene rings is 1. The molecule has 0 radical (unpaired) electrons. The van der Waals surface area contributed by atoms with Crippen molar-refractivity contribution in [2.24, 2.45) is 0 Å². The van der Waals surface area contributed by atoms with E-state index in [0.717, 1.165) is 12.1 Å². The quantitative estimate of drug-likeness (QED) is 0.891. The summed E-state index contributed by atoms with van der Waals surface area (Å²) in [5.74, 6) is -1.34. The van der Waals surface area contributed by atoms with Gasteiger partial charge in [-0.2, -0.15) is 0 Å². The fourth-order valence-corrected chi connectivity index (χ4v) is 1.57. The number of hydrogen-bond donors (Lipinski definition) is 1. The zero-order chi connectivity index (χ0) is 13.1. The van der Waals surface area contributed by atoms with Crippen LogP contribution in [0, 0.1) is 11.6 Å². The Bertz CT molecular complexity index is 554. The first kappa shape index (κ1) is 12.2. The molecule has 0 saturated heterocycles. The van der Waals surface area contributed by atoms with Crippen molar-refractivity contribution in [2.45, 2.75) is 13.0 Å². The van der Waals surface area contributed by atoms with Gasteiger partial charge in [0, 0.05) is 24.0 Å². The van der Waals surface area contributed by atoms with Crippen LogP contribution in [0.3, 0.4) is 0 Å². The Labute approximate surface area is 102 Å². The highest BCUT2D eigenvalue weighted by atomic mass is 19.1. The van der Waals surface area contributed by atoms with Gasteiger partial charge in [-0.05, 0) is 13.0 Å². The summed E-state index contributed by atoms with van der Waals surface area (Å²) in [5, 5.41) is 2.58. The monoisotopic (exact) mass is 251 g/mol. The maximum Gasteiger partial charge on any atom is 0.327 e. The summed E-state index contributed by atoms with van der Waals surface area (Å²) < 4.78 is 27.5. The first-order chi connectivity index (χ1) is 8.58. The molecule has 2 rings (SSSR count). The Hall–Kier alpha value is -2.24. The van der Waals surface area contributed by atoms with E-state index in [9.17, 15) is 13.6 Å². The summed E-state index contributed by atoms with van der Waals surface area (Å²) in [7, 11) is 0. The van der Waals surface area contributed by atoms with Gasteiger partial charge in [0.25, 0.3) is 0 Å². The van der Waals surface area contributed by atoms with E-state index in [1.165, 1.54) is 29.4 Å². The molecular weight excluding hydrogens is 240 g/mol. The summed E-state index contributed by atoms with van der Waals surface area (Å²) >= 11 is 0. The smallest absolute Gasteiger partial charge is 0.327 e. The van der Waals surface area contributed by atoms with Crippen LogP contribution in [-0.4, -0.2) is 15.6 Å². The molecule has 0 aliphatic rings. The Morgan fingerprint density at radius 1 is 1.44 bits per heavy atom. The number of nitrogens with one attached hydrogen (secondary N) is 1. The third-order valence-corrected chi connectivity index (χ3v) is 2.51. The lowest BCUT2D eigenvalue weighted by Crippen LogP contribution is -2.30. The van der Waals surface area contributed by atoms with E-state index < -0.39 is 23.7 Å². The molecule has 0 aliphatic heterocycles. The fraction of sp³-hybridized carbons (Fsp3) is 0.167. The summed E-state index contributed by atoms with van der Waals surface area (Å²) in [4.78, 5) is 15.4. The van der Waals surface area contributed by atoms with Crippen LogP contribution in [0.4, 0.5) is 13.6 Å². The molecule has 1 atom stereocenters. The fourth-order valence-electron chi connectivity index (χ4n) is 1.57.